The molecule has 1 fully saturated rings. The number of nitrogens with zero attached hydrogens (tertiary/aromatic N) is 4. The lowest BCUT2D eigenvalue weighted by atomic mass is 10.0. The second-order valence-electron chi connectivity index (χ2n) is 11.4. The quantitative estimate of drug-likeness (QED) is 0.102. The molecule has 3 heterocycles. The number of aliphatic hydroxyl groups is 3. The van der Waals surface area contributed by atoms with Crippen molar-refractivity contribution in [1.29, 1.82) is 0 Å². The molecule has 254 valence electrons. The Morgan fingerprint density at radius 1 is 0.939 bits per heavy atom. The Labute approximate surface area is 280 Å². The predicted molar refractivity (Wildman–Crippen MR) is 180 cm³/mol. The first-order chi connectivity index (χ1) is 23.8. The van der Waals surface area contributed by atoms with Crippen molar-refractivity contribution < 1.29 is 34.4 Å². The van der Waals surface area contributed by atoms with E-state index in [1.165, 1.54) is 10.9 Å². The van der Waals surface area contributed by atoms with E-state index >= 15 is 0 Å². The summed E-state index contributed by atoms with van der Waals surface area (Å²) < 4.78 is 12.4. The first-order valence-corrected chi connectivity index (χ1v) is 15.6. The zero-order valence-corrected chi connectivity index (χ0v) is 26.3. The van der Waals surface area contributed by atoms with Crippen molar-refractivity contribution in [3.63, 3.8) is 0 Å². The zero-order valence-electron chi connectivity index (χ0n) is 26.3. The number of amides is 2. The number of alkyl carbamates (subject to hydrolysis) is 1. The standard InChI is InChI=1S/C34H36N8O7/c35-30-27-31(39-19-38-30)42(32-29(46)28(45)25(17-43)49-32)33(41-27)37-16-20-9-11-22(12-10-20)23-7-4-8-24(15-23)40-26(44)13-14-36-34(47)48-18-21-5-2-1-3-6-21/h1-12,15,19,25,28-29,32,43,45-46H,13-14,16-18H2,(H,36,47)(H,37,41)(H,40,44)(H2,35,38,39)/t25-,28-,29-,32-/m1/s1. The number of nitrogens with two attached hydrogens (primary N) is 1. The number of aliphatic hydroxyl groups excluding tert-OH is 3. The molecule has 2 aromatic heterocycles. The number of hydrogen-bond acceptors (Lipinski definition) is 12. The molecule has 0 bridgehead atoms. The molecular formula is C34H36N8O7. The van der Waals surface area contributed by atoms with E-state index in [1.54, 1.807) is 6.07 Å². The number of anilines is 3. The topological polar surface area (TPSA) is 219 Å². The molecule has 0 aliphatic carbocycles. The van der Waals surface area contributed by atoms with Crippen molar-refractivity contribution in [3.8, 4) is 11.1 Å². The summed E-state index contributed by atoms with van der Waals surface area (Å²) in [5.41, 5.74) is 10.8. The number of aromatic nitrogens is 4. The van der Waals surface area contributed by atoms with E-state index in [9.17, 15) is 24.9 Å². The normalized spacial score (nSPS) is 18.7. The molecule has 15 heteroatoms. The van der Waals surface area contributed by atoms with Crippen LogP contribution in [0.2, 0.25) is 0 Å². The van der Waals surface area contributed by atoms with E-state index in [0.29, 0.717) is 23.4 Å². The van der Waals surface area contributed by atoms with E-state index in [0.717, 1.165) is 22.3 Å². The van der Waals surface area contributed by atoms with Gasteiger partial charge in [0.2, 0.25) is 11.9 Å². The Kier molecular flexibility index (Phi) is 10.2. The molecule has 0 radical (unpaired) electrons. The minimum absolute atomic E-state index is 0.0771. The molecule has 4 atom stereocenters. The summed E-state index contributed by atoms with van der Waals surface area (Å²) in [5.74, 6) is 0.165. The third-order valence-electron chi connectivity index (χ3n) is 8.00. The van der Waals surface area contributed by atoms with Crippen LogP contribution in [-0.2, 0) is 27.4 Å². The van der Waals surface area contributed by atoms with Crippen LogP contribution in [0.4, 0.5) is 22.2 Å². The Hall–Kier alpha value is -5.61. The van der Waals surface area contributed by atoms with Crippen molar-refractivity contribution in [2.45, 2.75) is 44.1 Å². The maximum atomic E-state index is 12.5. The number of nitrogen functional groups attached to an aromatic ring is 1. The molecule has 0 saturated carbocycles. The summed E-state index contributed by atoms with van der Waals surface area (Å²) in [6, 6.07) is 24.5. The molecule has 0 unspecified atom stereocenters. The number of rotatable bonds is 12. The molecule has 1 aliphatic rings. The number of nitrogens with one attached hydrogen (secondary N) is 3. The van der Waals surface area contributed by atoms with Crippen LogP contribution in [0.25, 0.3) is 22.3 Å². The number of benzene rings is 3. The Balaban J connectivity index is 1.05. The monoisotopic (exact) mass is 668 g/mol. The van der Waals surface area contributed by atoms with Crippen molar-refractivity contribution >= 4 is 40.6 Å². The SMILES string of the molecule is Nc1ncnc2c1nc(NCc1ccc(-c3cccc(NC(=O)CCNC(=O)OCc4ccccc4)c3)cc1)n2[C@@H]1O[C@H](CO)[C@@H](O)[C@H]1O. The van der Waals surface area contributed by atoms with Crippen molar-refractivity contribution in [2.24, 2.45) is 0 Å². The van der Waals surface area contributed by atoms with Crippen LogP contribution in [0.3, 0.4) is 0 Å². The minimum atomic E-state index is -1.35. The second kappa shape index (κ2) is 15.1. The fraction of sp³-hybridized carbons (Fsp3) is 0.265. The molecule has 0 spiro atoms. The van der Waals surface area contributed by atoms with E-state index in [1.807, 2.05) is 72.8 Å². The van der Waals surface area contributed by atoms with Crippen LogP contribution in [0.15, 0.2) is 85.2 Å². The van der Waals surface area contributed by atoms with E-state index < -0.39 is 37.2 Å². The third kappa shape index (κ3) is 7.76. The van der Waals surface area contributed by atoms with Crippen LogP contribution in [0.5, 0.6) is 0 Å². The van der Waals surface area contributed by atoms with Crippen LogP contribution < -0.4 is 21.7 Å². The fourth-order valence-electron chi connectivity index (χ4n) is 5.43. The largest absolute Gasteiger partial charge is 0.445 e. The van der Waals surface area contributed by atoms with Gasteiger partial charge in [-0.2, -0.15) is 0 Å². The van der Waals surface area contributed by atoms with E-state index in [4.69, 9.17) is 15.2 Å². The molecule has 6 rings (SSSR count). The molecule has 3 aromatic carbocycles. The Morgan fingerprint density at radius 3 is 2.49 bits per heavy atom. The fourth-order valence-corrected chi connectivity index (χ4v) is 5.43. The van der Waals surface area contributed by atoms with Crippen molar-refractivity contribution in [3.05, 3.63) is 96.3 Å². The highest BCUT2D eigenvalue weighted by Crippen LogP contribution is 2.35. The van der Waals surface area contributed by atoms with Gasteiger partial charge < -0.3 is 46.5 Å². The second-order valence-corrected chi connectivity index (χ2v) is 11.4. The number of ether oxygens (including phenoxy) is 2. The molecule has 1 saturated heterocycles. The zero-order chi connectivity index (χ0) is 34.3. The van der Waals surface area contributed by atoms with Crippen LogP contribution in [0.1, 0.15) is 23.8 Å². The lowest BCUT2D eigenvalue weighted by molar-refractivity contribution is -0.116. The summed E-state index contributed by atoms with van der Waals surface area (Å²) in [6.07, 6.45) is -3.97. The molecular weight excluding hydrogens is 632 g/mol. The highest BCUT2D eigenvalue weighted by Gasteiger charge is 2.45. The summed E-state index contributed by atoms with van der Waals surface area (Å²) >= 11 is 0. The number of fused-ring (bicyclic) bond motifs is 1. The molecule has 15 nitrogen and oxygen atoms in total. The van der Waals surface area contributed by atoms with Gasteiger partial charge in [0.05, 0.1) is 6.61 Å². The molecule has 5 aromatic rings. The maximum Gasteiger partial charge on any atom is 0.407 e. The number of carbonyl (C=O) groups is 2. The number of carbonyl (C=O) groups excluding carboxylic acids is 2. The predicted octanol–water partition coefficient (Wildman–Crippen LogP) is 2.55. The lowest BCUT2D eigenvalue weighted by Gasteiger charge is -2.19. The summed E-state index contributed by atoms with van der Waals surface area (Å²) in [6.45, 7) is 0.130. The Morgan fingerprint density at radius 2 is 1.73 bits per heavy atom. The Bertz CT molecular complexity index is 1900. The van der Waals surface area contributed by atoms with Gasteiger partial charge in [-0.05, 0) is 34.4 Å². The van der Waals surface area contributed by atoms with Crippen molar-refractivity contribution in [1.82, 2.24) is 24.8 Å². The van der Waals surface area contributed by atoms with Gasteiger partial charge in [-0.1, -0.05) is 66.7 Å². The van der Waals surface area contributed by atoms with Gasteiger partial charge in [0.25, 0.3) is 0 Å². The molecule has 49 heavy (non-hydrogen) atoms. The summed E-state index contributed by atoms with van der Waals surface area (Å²) in [4.78, 5) is 37.3. The average molecular weight is 669 g/mol. The molecule has 8 N–H and O–H groups in total. The van der Waals surface area contributed by atoms with Gasteiger partial charge in [-0.25, -0.2) is 19.7 Å². The average Bonchev–Trinajstić information content (AvgIpc) is 3.63. The van der Waals surface area contributed by atoms with E-state index in [2.05, 4.69) is 30.9 Å². The highest BCUT2D eigenvalue weighted by molar-refractivity contribution is 5.92. The van der Waals surface area contributed by atoms with Gasteiger partial charge in [0, 0.05) is 25.2 Å². The van der Waals surface area contributed by atoms with Gasteiger partial charge in [0.1, 0.15) is 31.2 Å². The van der Waals surface area contributed by atoms with Gasteiger partial charge >= 0.3 is 6.09 Å². The van der Waals surface area contributed by atoms with Gasteiger partial charge in [0.15, 0.2) is 23.2 Å². The van der Waals surface area contributed by atoms with Gasteiger partial charge in [-0.3, -0.25) is 9.36 Å². The number of imidazole rings is 1. The summed E-state index contributed by atoms with van der Waals surface area (Å²) in [5, 5.41) is 39.3. The first kappa shape index (κ1) is 33.3. The van der Waals surface area contributed by atoms with Gasteiger partial charge in [-0.15, -0.1) is 0 Å². The van der Waals surface area contributed by atoms with Crippen LogP contribution >= 0.6 is 0 Å². The molecule has 1 aliphatic heterocycles. The highest BCUT2D eigenvalue weighted by atomic mass is 16.6. The maximum absolute atomic E-state index is 12.5. The molecule has 2 amide bonds. The lowest BCUT2D eigenvalue weighted by Crippen LogP contribution is -2.33. The minimum Gasteiger partial charge on any atom is -0.445 e. The first-order valence-electron chi connectivity index (χ1n) is 15.6. The van der Waals surface area contributed by atoms with E-state index in [-0.39, 0.29) is 37.2 Å². The van der Waals surface area contributed by atoms with Crippen molar-refractivity contribution in [2.75, 3.05) is 29.5 Å². The third-order valence-corrected chi connectivity index (χ3v) is 8.00. The number of hydrogen-bond donors (Lipinski definition) is 7. The van der Waals surface area contributed by atoms with Crippen LogP contribution in [-0.4, -0.2) is 78.3 Å². The summed E-state index contributed by atoms with van der Waals surface area (Å²) in [7, 11) is 0. The van der Waals surface area contributed by atoms with Crippen LogP contribution in [0, 0.1) is 0 Å². The smallest absolute Gasteiger partial charge is 0.407 e.